The fourth-order valence-electron chi connectivity index (χ4n) is 0.519. The van der Waals surface area contributed by atoms with Crippen LogP contribution in [-0.2, 0) is 0 Å². The molecule has 0 aliphatic heterocycles. The van der Waals surface area contributed by atoms with Crippen LogP contribution in [0.2, 0.25) is 0 Å². The lowest BCUT2D eigenvalue weighted by Crippen LogP contribution is -2.34. The molecule has 0 heterocycles. The fourth-order valence-corrected chi connectivity index (χ4v) is 0.519. The summed E-state index contributed by atoms with van der Waals surface area (Å²) in [6.07, 6.45) is -2.29. The first kappa shape index (κ1) is 9.82. The molecule has 3 heteroatoms. The van der Waals surface area contributed by atoms with Gasteiger partial charge in [0.1, 0.15) is 0 Å². The fraction of sp³-hybridized carbons (Fsp3) is 1.00. The molecule has 10 heavy (non-hydrogen) atoms. The van der Waals surface area contributed by atoms with Gasteiger partial charge in [-0.25, -0.2) is 8.78 Å². The van der Waals surface area contributed by atoms with Gasteiger partial charge in [0.05, 0.1) is 0 Å². The van der Waals surface area contributed by atoms with E-state index in [1.54, 1.807) is 6.92 Å². The van der Waals surface area contributed by atoms with Gasteiger partial charge < -0.3 is 5.73 Å². The van der Waals surface area contributed by atoms with Crippen LogP contribution in [0.15, 0.2) is 0 Å². The number of hydrogen-bond donors (Lipinski definition) is 1. The van der Waals surface area contributed by atoms with Crippen LogP contribution in [-0.4, -0.2) is 13.0 Å². The third-order valence-electron chi connectivity index (χ3n) is 2.19. The third-order valence-corrected chi connectivity index (χ3v) is 2.19. The van der Waals surface area contributed by atoms with Gasteiger partial charge >= 0.3 is 0 Å². The molecule has 0 amide bonds. The Kier molecular flexibility index (Phi) is 3.22. The molecule has 2 N–H and O–H groups in total. The summed E-state index contributed by atoms with van der Waals surface area (Å²) in [5.41, 5.74) is 4.31. The predicted molar refractivity (Wildman–Crippen MR) is 38.0 cm³/mol. The number of halogens is 2. The number of hydrogen-bond acceptors (Lipinski definition) is 1. The normalized spacial score (nSPS) is 15.9. The Balaban J connectivity index is 4.09. The molecule has 0 aliphatic carbocycles. The van der Waals surface area contributed by atoms with Crippen molar-refractivity contribution >= 4 is 0 Å². The minimum absolute atomic E-state index is 0.132. The van der Waals surface area contributed by atoms with Crippen molar-refractivity contribution in [3.63, 3.8) is 0 Å². The van der Waals surface area contributed by atoms with Crippen molar-refractivity contribution in [3.05, 3.63) is 0 Å². The van der Waals surface area contributed by atoms with E-state index < -0.39 is 11.8 Å². The molecule has 0 saturated carbocycles. The van der Waals surface area contributed by atoms with Gasteiger partial charge in [0.25, 0.3) is 0 Å². The van der Waals surface area contributed by atoms with Crippen LogP contribution in [0.4, 0.5) is 8.78 Å². The summed E-state index contributed by atoms with van der Waals surface area (Å²) in [4.78, 5) is 0. The van der Waals surface area contributed by atoms with Crippen molar-refractivity contribution in [2.75, 3.05) is 6.54 Å². The van der Waals surface area contributed by atoms with Crippen molar-refractivity contribution in [2.45, 2.75) is 27.2 Å². The lowest BCUT2D eigenvalue weighted by molar-refractivity contribution is -0.0137. The summed E-state index contributed by atoms with van der Waals surface area (Å²) in [7, 11) is 0. The predicted octanol–water partition coefficient (Wildman–Crippen LogP) is 1.87. The second-order valence-electron chi connectivity index (χ2n) is 3.26. The Bertz CT molecular complexity index is 102. The monoisotopic (exact) mass is 151 g/mol. The van der Waals surface area contributed by atoms with Crippen LogP contribution in [0.25, 0.3) is 0 Å². The molecule has 0 spiro atoms. The summed E-state index contributed by atoms with van der Waals surface area (Å²) < 4.78 is 24.4. The maximum Gasteiger partial charge on any atom is 0.243 e. The van der Waals surface area contributed by atoms with Crippen LogP contribution < -0.4 is 5.73 Å². The molecule has 0 radical (unpaired) electrons. The van der Waals surface area contributed by atoms with E-state index in [-0.39, 0.29) is 5.92 Å². The summed E-state index contributed by atoms with van der Waals surface area (Å²) in [5.74, 6) is -0.132. The number of rotatable bonds is 3. The van der Waals surface area contributed by atoms with E-state index in [4.69, 9.17) is 5.73 Å². The summed E-state index contributed by atoms with van der Waals surface area (Å²) in [6, 6.07) is 0. The molecule has 0 aromatic carbocycles. The number of alkyl halides is 2. The molecule has 0 saturated heterocycles. The quantitative estimate of drug-likeness (QED) is 0.654. The van der Waals surface area contributed by atoms with Crippen LogP contribution in [0.5, 0.6) is 0 Å². The van der Waals surface area contributed by atoms with E-state index in [0.29, 0.717) is 6.54 Å². The second-order valence-corrected chi connectivity index (χ2v) is 3.26. The van der Waals surface area contributed by atoms with Crippen molar-refractivity contribution in [2.24, 2.45) is 17.1 Å². The van der Waals surface area contributed by atoms with E-state index in [0.717, 1.165) is 0 Å². The van der Waals surface area contributed by atoms with Crippen LogP contribution in [0.3, 0.4) is 0 Å². The Labute approximate surface area is 60.6 Å². The van der Waals surface area contributed by atoms with Gasteiger partial charge in [0, 0.05) is 5.41 Å². The zero-order valence-corrected chi connectivity index (χ0v) is 6.70. The zero-order chi connectivity index (χ0) is 8.36. The minimum Gasteiger partial charge on any atom is -0.330 e. The first-order chi connectivity index (χ1) is 4.42. The van der Waals surface area contributed by atoms with E-state index in [9.17, 15) is 8.78 Å². The Morgan fingerprint density at radius 2 is 1.80 bits per heavy atom. The van der Waals surface area contributed by atoms with E-state index in [1.165, 1.54) is 13.8 Å². The molecular weight excluding hydrogens is 136 g/mol. The van der Waals surface area contributed by atoms with E-state index in [2.05, 4.69) is 0 Å². The molecule has 1 atom stereocenters. The van der Waals surface area contributed by atoms with Gasteiger partial charge in [-0.3, -0.25) is 0 Å². The molecule has 0 unspecified atom stereocenters. The smallest absolute Gasteiger partial charge is 0.243 e. The first-order valence-electron chi connectivity index (χ1n) is 3.41. The van der Waals surface area contributed by atoms with Crippen LogP contribution in [0.1, 0.15) is 20.8 Å². The molecule has 0 bridgehead atoms. The van der Waals surface area contributed by atoms with Crippen molar-refractivity contribution in [3.8, 4) is 0 Å². The number of nitrogens with two attached hydrogens (primary N) is 1. The highest BCUT2D eigenvalue weighted by Crippen LogP contribution is 2.32. The largest absolute Gasteiger partial charge is 0.330 e. The van der Waals surface area contributed by atoms with Crippen molar-refractivity contribution in [1.82, 2.24) is 0 Å². The molecule has 1 nitrogen and oxygen atoms in total. The maximum atomic E-state index is 12.2. The summed E-state index contributed by atoms with van der Waals surface area (Å²) in [6.45, 7) is 5.13. The average molecular weight is 151 g/mol. The second kappa shape index (κ2) is 3.28. The Morgan fingerprint density at radius 1 is 1.40 bits per heavy atom. The topological polar surface area (TPSA) is 26.0 Å². The van der Waals surface area contributed by atoms with Gasteiger partial charge in [-0.1, -0.05) is 20.8 Å². The standard InChI is InChI=1S/C7H15F2N/c1-5(4-10)7(2,3)6(8)9/h5-6H,4,10H2,1-3H3/t5-/m0/s1. The molecular formula is C7H15F2N. The SMILES string of the molecule is C[C@@H](CN)C(C)(C)C(F)F. The highest BCUT2D eigenvalue weighted by Gasteiger charge is 2.34. The van der Waals surface area contributed by atoms with Gasteiger partial charge in [0.2, 0.25) is 6.43 Å². The first-order valence-corrected chi connectivity index (χ1v) is 3.41. The Morgan fingerprint density at radius 3 is 1.90 bits per heavy atom. The van der Waals surface area contributed by atoms with Crippen molar-refractivity contribution < 1.29 is 8.78 Å². The molecule has 0 fully saturated rings. The summed E-state index contributed by atoms with van der Waals surface area (Å²) in [5, 5.41) is 0. The Hall–Kier alpha value is -0.180. The maximum absolute atomic E-state index is 12.2. The average Bonchev–Trinajstić information content (AvgIpc) is 1.86. The third kappa shape index (κ3) is 1.90. The highest BCUT2D eigenvalue weighted by molar-refractivity contribution is 4.77. The van der Waals surface area contributed by atoms with E-state index in [1.807, 2.05) is 0 Å². The van der Waals surface area contributed by atoms with E-state index >= 15 is 0 Å². The molecule has 0 aromatic heterocycles. The van der Waals surface area contributed by atoms with Gasteiger partial charge in [0.15, 0.2) is 0 Å². The van der Waals surface area contributed by atoms with Crippen molar-refractivity contribution in [1.29, 1.82) is 0 Å². The van der Waals surface area contributed by atoms with Crippen LogP contribution >= 0.6 is 0 Å². The lowest BCUT2D eigenvalue weighted by atomic mass is 9.80. The molecule has 0 aromatic rings. The molecule has 0 aliphatic rings. The summed E-state index contributed by atoms with van der Waals surface area (Å²) >= 11 is 0. The molecule has 0 rings (SSSR count). The molecule has 62 valence electrons. The minimum atomic E-state index is -2.29. The van der Waals surface area contributed by atoms with Gasteiger partial charge in [-0.2, -0.15) is 0 Å². The highest BCUT2D eigenvalue weighted by atomic mass is 19.3. The lowest BCUT2D eigenvalue weighted by Gasteiger charge is -2.29. The van der Waals surface area contributed by atoms with Gasteiger partial charge in [-0.15, -0.1) is 0 Å². The zero-order valence-electron chi connectivity index (χ0n) is 6.70. The van der Waals surface area contributed by atoms with Crippen LogP contribution in [0, 0.1) is 11.3 Å². The van der Waals surface area contributed by atoms with Gasteiger partial charge in [-0.05, 0) is 12.5 Å².